The van der Waals surface area contributed by atoms with E-state index < -0.39 is 30.3 Å². The van der Waals surface area contributed by atoms with Gasteiger partial charge in [0, 0.05) is 17.1 Å². The van der Waals surface area contributed by atoms with Crippen LogP contribution < -0.4 is 5.32 Å². The van der Waals surface area contributed by atoms with Crippen molar-refractivity contribution in [3.63, 3.8) is 0 Å². The summed E-state index contributed by atoms with van der Waals surface area (Å²) in [6.45, 7) is 0.224. The Bertz CT molecular complexity index is 1100. The molecule has 8 heteroatoms. The van der Waals surface area contributed by atoms with Gasteiger partial charge in [0.2, 0.25) is 11.8 Å². The molecule has 31 heavy (non-hydrogen) atoms. The number of hydrogen-bond donors (Lipinski definition) is 3. The van der Waals surface area contributed by atoms with Crippen LogP contribution in [0.25, 0.3) is 10.9 Å². The summed E-state index contributed by atoms with van der Waals surface area (Å²) >= 11 is 0. The maximum Gasteiger partial charge on any atom is 0.241 e. The highest BCUT2D eigenvalue weighted by atomic mass is 16.5. The zero-order valence-corrected chi connectivity index (χ0v) is 16.7. The Kier molecular flexibility index (Phi) is 5.05. The summed E-state index contributed by atoms with van der Waals surface area (Å²) in [5.74, 6) is -1.70. The molecule has 0 radical (unpaired) electrons. The fraction of sp³-hybridized carbons (Fsp3) is 0.348. The van der Waals surface area contributed by atoms with Gasteiger partial charge in [-0.25, -0.2) is 0 Å². The van der Waals surface area contributed by atoms with E-state index in [0.29, 0.717) is 18.6 Å². The molecule has 1 aromatic heterocycles. The Labute approximate surface area is 178 Å². The average molecular weight is 421 g/mol. The lowest BCUT2D eigenvalue weighted by atomic mass is 9.89. The second-order valence-electron chi connectivity index (χ2n) is 8.10. The summed E-state index contributed by atoms with van der Waals surface area (Å²) in [5, 5.41) is 23.5. The van der Waals surface area contributed by atoms with Gasteiger partial charge in [-0.2, -0.15) is 0 Å². The molecule has 2 saturated heterocycles. The number of nitrogens with zero attached hydrogens (tertiary/aromatic N) is 2. The molecule has 0 saturated carbocycles. The number of benzene rings is 1. The summed E-state index contributed by atoms with van der Waals surface area (Å²) < 4.78 is 5.98. The van der Waals surface area contributed by atoms with Crippen molar-refractivity contribution >= 4 is 22.7 Å². The lowest BCUT2D eigenvalue weighted by molar-refractivity contribution is -0.149. The van der Waals surface area contributed by atoms with E-state index in [0.717, 1.165) is 21.4 Å². The van der Waals surface area contributed by atoms with Crippen molar-refractivity contribution in [1.82, 2.24) is 15.2 Å². The molecule has 2 aromatic rings. The summed E-state index contributed by atoms with van der Waals surface area (Å²) in [6.07, 6.45) is 5.53. The van der Waals surface area contributed by atoms with Crippen LogP contribution in [0, 0.1) is 11.8 Å². The number of rotatable bonds is 4. The molecule has 2 fully saturated rings. The predicted molar refractivity (Wildman–Crippen MR) is 111 cm³/mol. The SMILES string of the molecule is O=C1C2C=CC=C(OCc3cnc4ccccc4c3)C2C(=O)N1C1CCC(O)NC1O. The summed E-state index contributed by atoms with van der Waals surface area (Å²) in [7, 11) is 0. The number of hydrogen-bond acceptors (Lipinski definition) is 7. The molecular weight excluding hydrogens is 398 g/mol. The van der Waals surface area contributed by atoms with Crippen LogP contribution >= 0.6 is 0 Å². The van der Waals surface area contributed by atoms with E-state index in [2.05, 4.69) is 10.3 Å². The van der Waals surface area contributed by atoms with Crippen LogP contribution in [0.2, 0.25) is 0 Å². The van der Waals surface area contributed by atoms with Gasteiger partial charge in [0.05, 0.1) is 17.5 Å². The predicted octanol–water partition coefficient (Wildman–Crippen LogP) is 1.20. The van der Waals surface area contributed by atoms with Gasteiger partial charge in [0.1, 0.15) is 30.7 Å². The third-order valence-corrected chi connectivity index (χ3v) is 6.12. The number of para-hydroxylation sites is 1. The molecule has 0 spiro atoms. The summed E-state index contributed by atoms with van der Waals surface area (Å²) in [6, 6.07) is 9.06. The molecule has 1 aromatic carbocycles. The molecule has 1 aliphatic carbocycles. The number of aromatic nitrogens is 1. The van der Waals surface area contributed by atoms with Gasteiger partial charge >= 0.3 is 0 Å². The van der Waals surface area contributed by atoms with Gasteiger partial charge in [-0.15, -0.1) is 0 Å². The Balaban J connectivity index is 1.34. The molecule has 8 nitrogen and oxygen atoms in total. The number of aliphatic hydroxyl groups excluding tert-OH is 2. The van der Waals surface area contributed by atoms with Crippen molar-refractivity contribution in [3.8, 4) is 0 Å². The molecule has 2 aliphatic heterocycles. The van der Waals surface area contributed by atoms with E-state index in [9.17, 15) is 19.8 Å². The van der Waals surface area contributed by atoms with Gasteiger partial charge in [-0.1, -0.05) is 30.4 Å². The Hall–Kier alpha value is -3.07. The molecule has 3 heterocycles. The number of fused-ring (bicyclic) bond motifs is 2. The van der Waals surface area contributed by atoms with Gasteiger partial charge in [-0.05, 0) is 31.1 Å². The number of likely N-dealkylation sites (tertiary alicyclic amines) is 1. The minimum Gasteiger partial charge on any atom is -0.492 e. The number of nitrogens with one attached hydrogen (secondary N) is 1. The van der Waals surface area contributed by atoms with Gasteiger partial charge in [0.15, 0.2) is 0 Å². The van der Waals surface area contributed by atoms with Gasteiger partial charge < -0.3 is 14.9 Å². The van der Waals surface area contributed by atoms with Crippen molar-refractivity contribution in [1.29, 1.82) is 0 Å². The lowest BCUT2D eigenvalue weighted by Crippen LogP contribution is -2.58. The van der Waals surface area contributed by atoms with E-state index in [-0.39, 0.29) is 18.4 Å². The van der Waals surface area contributed by atoms with E-state index in [1.807, 2.05) is 30.3 Å². The molecular formula is C23H23N3O5. The van der Waals surface area contributed by atoms with E-state index in [1.54, 1.807) is 24.4 Å². The first kappa shape index (κ1) is 19.9. The number of imide groups is 1. The number of aliphatic hydroxyl groups is 2. The van der Waals surface area contributed by atoms with Crippen LogP contribution in [0.5, 0.6) is 0 Å². The number of piperidine rings is 1. The molecule has 3 aliphatic rings. The molecule has 2 amide bonds. The lowest BCUT2D eigenvalue weighted by Gasteiger charge is -2.36. The first-order valence-electron chi connectivity index (χ1n) is 10.4. The average Bonchev–Trinajstić information content (AvgIpc) is 3.03. The second kappa shape index (κ2) is 7.88. The molecule has 3 N–H and O–H groups in total. The third-order valence-electron chi connectivity index (χ3n) is 6.12. The number of pyridine rings is 1. The second-order valence-corrected chi connectivity index (χ2v) is 8.10. The molecule has 5 rings (SSSR count). The van der Waals surface area contributed by atoms with E-state index in [4.69, 9.17) is 4.74 Å². The number of ether oxygens (including phenoxy) is 1. The minimum atomic E-state index is -1.17. The zero-order chi connectivity index (χ0) is 21.5. The molecule has 5 unspecified atom stereocenters. The third kappa shape index (κ3) is 3.52. The Morgan fingerprint density at radius 3 is 2.84 bits per heavy atom. The highest BCUT2D eigenvalue weighted by Crippen LogP contribution is 2.39. The number of amides is 2. The first-order valence-corrected chi connectivity index (χ1v) is 10.4. The van der Waals surface area contributed by atoms with E-state index >= 15 is 0 Å². The quantitative estimate of drug-likeness (QED) is 0.636. The van der Waals surface area contributed by atoms with Crippen molar-refractivity contribution in [3.05, 3.63) is 66.1 Å². The van der Waals surface area contributed by atoms with Crippen LogP contribution in [0.3, 0.4) is 0 Å². The van der Waals surface area contributed by atoms with Crippen molar-refractivity contribution in [2.45, 2.75) is 37.9 Å². The number of carbonyl (C=O) groups is 2. The fourth-order valence-corrected chi connectivity index (χ4v) is 4.56. The van der Waals surface area contributed by atoms with Crippen molar-refractivity contribution in [2.75, 3.05) is 0 Å². The van der Waals surface area contributed by atoms with Crippen molar-refractivity contribution in [2.24, 2.45) is 11.8 Å². The largest absolute Gasteiger partial charge is 0.492 e. The zero-order valence-electron chi connectivity index (χ0n) is 16.7. The molecule has 160 valence electrons. The normalized spacial score (nSPS) is 30.5. The monoisotopic (exact) mass is 421 g/mol. The standard InChI is InChI=1S/C23H23N3O5/c27-19-9-8-17(21(28)25-19)26-22(29)15-5-3-7-18(20(15)23(26)30)31-12-13-10-14-4-1-2-6-16(14)24-11-13/h1-7,10-11,15,17,19-21,25,27-28H,8-9,12H2. The van der Waals surface area contributed by atoms with Crippen molar-refractivity contribution < 1.29 is 24.5 Å². The highest BCUT2D eigenvalue weighted by Gasteiger charge is 2.53. The number of carbonyl (C=O) groups excluding carboxylic acids is 2. The highest BCUT2D eigenvalue weighted by molar-refractivity contribution is 6.07. The minimum absolute atomic E-state index is 0.224. The topological polar surface area (TPSA) is 112 Å². The Morgan fingerprint density at radius 2 is 2.00 bits per heavy atom. The van der Waals surface area contributed by atoms with Gasteiger partial charge in [-0.3, -0.25) is 24.8 Å². The molecule has 5 atom stereocenters. The van der Waals surface area contributed by atoms with Crippen LogP contribution in [-0.4, -0.2) is 50.4 Å². The summed E-state index contributed by atoms with van der Waals surface area (Å²) in [4.78, 5) is 31.8. The molecule has 0 bridgehead atoms. The maximum absolute atomic E-state index is 13.2. The Morgan fingerprint density at radius 1 is 1.16 bits per heavy atom. The van der Waals surface area contributed by atoms with Gasteiger partial charge in [0.25, 0.3) is 0 Å². The van der Waals surface area contributed by atoms with Crippen LogP contribution in [-0.2, 0) is 20.9 Å². The fourth-order valence-electron chi connectivity index (χ4n) is 4.56. The number of allylic oxidation sites excluding steroid dienone is 2. The van der Waals surface area contributed by atoms with Crippen LogP contribution in [0.1, 0.15) is 18.4 Å². The van der Waals surface area contributed by atoms with Crippen LogP contribution in [0.15, 0.2) is 60.5 Å². The summed E-state index contributed by atoms with van der Waals surface area (Å²) in [5.41, 5.74) is 1.75. The van der Waals surface area contributed by atoms with Crippen LogP contribution in [0.4, 0.5) is 0 Å². The first-order chi connectivity index (χ1) is 15.0. The smallest absolute Gasteiger partial charge is 0.241 e. The van der Waals surface area contributed by atoms with E-state index in [1.165, 1.54) is 0 Å². The maximum atomic E-state index is 13.2.